The molecule has 106 valence electrons. The Morgan fingerprint density at radius 3 is 2.63 bits per heavy atom. The number of nitrogens with two attached hydrogens (primary N) is 1. The Balaban J connectivity index is 3.03. The second kappa shape index (κ2) is 7.35. The first-order chi connectivity index (χ1) is 9.01. The Morgan fingerprint density at radius 2 is 2.16 bits per heavy atom. The molecular formula is C13H20BrN3O2. The number of benzene rings is 1. The van der Waals surface area contributed by atoms with E-state index in [0.29, 0.717) is 11.6 Å². The van der Waals surface area contributed by atoms with Gasteiger partial charge in [-0.1, -0.05) is 5.16 Å². The van der Waals surface area contributed by atoms with Crippen LogP contribution in [-0.4, -0.2) is 35.3 Å². The van der Waals surface area contributed by atoms with Gasteiger partial charge in [0.05, 0.1) is 0 Å². The first-order valence-electron chi connectivity index (χ1n) is 6.16. The molecule has 19 heavy (non-hydrogen) atoms. The lowest BCUT2D eigenvalue weighted by Crippen LogP contribution is -2.32. The normalized spacial score (nSPS) is 11.9. The molecule has 1 aromatic carbocycles. The van der Waals surface area contributed by atoms with E-state index in [4.69, 9.17) is 16.0 Å². The minimum Gasteiger partial charge on any atom is -0.409 e. The van der Waals surface area contributed by atoms with E-state index in [0.717, 1.165) is 23.1 Å². The predicted molar refractivity (Wildman–Crippen MR) is 80.8 cm³/mol. The minimum absolute atomic E-state index is 0.0740. The number of hydrogen-bond acceptors (Lipinski definition) is 4. The maximum absolute atomic E-state index is 8.95. The molecule has 0 aliphatic carbocycles. The molecule has 0 aliphatic heterocycles. The summed E-state index contributed by atoms with van der Waals surface area (Å²) >= 11 is 3.43. The average Bonchev–Trinajstić information content (AvgIpc) is 2.38. The maximum atomic E-state index is 8.95. The molecule has 0 unspecified atom stereocenters. The van der Waals surface area contributed by atoms with E-state index in [1.807, 2.05) is 18.2 Å². The standard InChI is InChI=1S/C13H20BrN3O2/c1-9(2)17(6-3-7-18)10-4-5-11(12(14)8-10)13(15)16-19/h4-5,8-9,18-19H,3,6-7H2,1-2H3,(H2,15,16). The number of hydrogen-bond donors (Lipinski definition) is 3. The van der Waals surface area contributed by atoms with Gasteiger partial charge in [0, 0.05) is 34.9 Å². The Bertz CT molecular complexity index is 450. The molecule has 0 saturated heterocycles. The first kappa shape index (κ1) is 15.8. The van der Waals surface area contributed by atoms with Gasteiger partial charge in [-0.15, -0.1) is 0 Å². The summed E-state index contributed by atoms with van der Waals surface area (Å²) in [7, 11) is 0. The van der Waals surface area contributed by atoms with Crippen LogP contribution in [-0.2, 0) is 0 Å². The van der Waals surface area contributed by atoms with Gasteiger partial charge in [0.25, 0.3) is 0 Å². The largest absolute Gasteiger partial charge is 0.409 e. The highest BCUT2D eigenvalue weighted by molar-refractivity contribution is 9.10. The smallest absolute Gasteiger partial charge is 0.171 e. The lowest BCUT2D eigenvalue weighted by Gasteiger charge is -2.29. The lowest BCUT2D eigenvalue weighted by atomic mass is 10.1. The molecule has 0 heterocycles. The van der Waals surface area contributed by atoms with Crippen LogP contribution in [0, 0.1) is 0 Å². The maximum Gasteiger partial charge on any atom is 0.171 e. The van der Waals surface area contributed by atoms with Crippen molar-refractivity contribution in [3.8, 4) is 0 Å². The quantitative estimate of drug-likeness (QED) is 0.323. The van der Waals surface area contributed by atoms with Crippen LogP contribution >= 0.6 is 15.9 Å². The van der Waals surface area contributed by atoms with Crippen LogP contribution < -0.4 is 10.6 Å². The molecule has 0 spiro atoms. The molecule has 0 aromatic heterocycles. The third-order valence-corrected chi connectivity index (χ3v) is 3.50. The highest BCUT2D eigenvalue weighted by Crippen LogP contribution is 2.25. The zero-order chi connectivity index (χ0) is 14.4. The number of anilines is 1. The highest BCUT2D eigenvalue weighted by Gasteiger charge is 2.13. The second-order valence-electron chi connectivity index (χ2n) is 4.51. The van der Waals surface area contributed by atoms with E-state index in [2.05, 4.69) is 39.8 Å². The molecule has 4 N–H and O–H groups in total. The summed E-state index contributed by atoms with van der Waals surface area (Å²) in [5.41, 5.74) is 7.27. The van der Waals surface area contributed by atoms with Crippen molar-refractivity contribution >= 4 is 27.5 Å². The third kappa shape index (κ3) is 4.11. The Hall–Kier alpha value is -1.27. The van der Waals surface area contributed by atoms with Gasteiger partial charge in [0.1, 0.15) is 0 Å². The van der Waals surface area contributed by atoms with Crippen molar-refractivity contribution in [3.05, 3.63) is 28.2 Å². The predicted octanol–water partition coefficient (Wildman–Crippen LogP) is 2.14. The van der Waals surface area contributed by atoms with Crippen molar-refractivity contribution in [3.63, 3.8) is 0 Å². The zero-order valence-corrected chi connectivity index (χ0v) is 12.8. The van der Waals surface area contributed by atoms with Gasteiger partial charge in [0.15, 0.2) is 5.84 Å². The second-order valence-corrected chi connectivity index (χ2v) is 5.37. The average molecular weight is 330 g/mol. The number of nitrogens with zero attached hydrogens (tertiary/aromatic N) is 2. The molecule has 0 radical (unpaired) electrons. The molecule has 1 aromatic rings. The van der Waals surface area contributed by atoms with Crippen LogP contribution in [0.4, 0.5) is 5.69 Å². The number of halogens is 1. The van der Waals surface area contributed by atoms with E-state index in [9.17, 15) is 0 Å². The van der Waals surface area contributed by atoms with Crippen LogP contribution in [0.2, 0.25) is 0 Å². The number of amidine groups is 1. The number of aliphatic hydroxyl groups excluding tert-OH is 1. The number of rotatable bonds is 6. The topological polar surface area (TPSA) is 82.1 Å². The summed E-state index contributed by atoms with van der Waals surface area (Å²) in [6, 6.07) is 6.00. The van der Waals surface area contributed by atoms with Crippen molar-refractivity contribution < 1.29 is 10.3 Å². The minimum atomic E-state index is 0.0740. The van der Waals surface area contributed by atoms with E-state index < -0.39 is 0 Å². The first-order valence-corrected chi connectivity index (χ1v) is 6.95. The van der Waals surface area contributed by atoms with Gasteiger partial charge in [-0.3, -0.25) is 0 Å². The van der Waals surface area contributed by atoms with Gasteiger partial charge in [-0.25, -0.2) is 0 Å². The third-order valence-electron chi connectivity index (χ3n) is 2.85. The van der Waals surface area contributed by atoms with Crippen LogP contribution in [0.5, 0.6) is 0 Å². The summed E-state index contributed by atoms with van der Waals surface area (Å²) < 4.78 is 0.773. The summed E-state index contributed by atoms with van der Waals surface area (Å²) in [6.07, 6.45) is 0.720. The molecule has 6 heteroatoms. The van der Waals surface area contributed by atoms with Gasteiger partial charge < -0.3 is 20.9 Å². The zero-order valence-electron chi connectivity index (χ0n) is 11.2. The molecule has 5 nitrogen and oxygen atoms in total. The lowest BCUT2D eigenvalue weighted by molar-refractivity contribution is 0.288. The fourth-order valence-electron chi connectivity index (χ4n) is 1.87. The van der Waals surface area contributed by atoms with Crippen LogP contribution in [0.15, 0.2) is 27.8 Å². The van der Waals surface area contributed by atoms with E-state index in [1.165, 1.54) is 0 Å². The van der Waals surface area contributed by atoms with Crippen LogP contribution in [0.1, 0.15) is 25.8 Å². The molecule has 0 fully saturated rings. The molecule has 0 saturated carbocycles. The van der Waals surface area contributed by atoms with Crippen molar-refractivity contribution in [2.24, 2.45) is 10.9 Å². The summed E-state index contributed by atoms with van der Waals surface area (Å²) in [5, 5.41) is 20.6. The SMILES string of the molecule is CC(C)N(CCCO)c1ccc(/C(N)=N/O)c(Br)c1. The van der Waals surface area contributed by atoms with Crippen LogP contribution in [0.3, 0.4) is 0 Å². The number of oxime groups is 1. The van der Waals surface area contributed by atoms with Gasteiger partial charge in [-0.2, -0.15) is 0 Å². The van der Waals surface area contributed by atoms with Crippen molar-refractivity contribution in [1.82, 2.24) is 0 Å². The van der Waals surface area contributed by atoms with E-state index >= 15 is 0 Å². The van der Waals surface area contributed by atoms with Gasteiger partial charge >= 0.3 is 0 Å². The van der Waals surface area contributed by atoms with Crippen molar-refractivity contribution in [2.75, 3.05) is 18.1 Å². The summed E-state index contributed by atoms with van der Waals surface area (Å²) in [5.74, 6) is 0.0740. The van der Waals surface area contributed by atoms with Gasteiger partial charge in [0.2, 0.25) is 0 Å². The molecule has 0 aliphatic rings. The highest BCUT2D eigenvalue weighted by atomic mass is 79.9. The molecule has 0 atom stereocenters. The van der Waals surface area contributed by atoms with E-state index in [1.54, 1.807) is 0 Å². The fraction of sp³-hybridized carbons (Fsp3) is 0.462. The molecular weight excluding hydrogens is 310 g/mol. The molecule has 0 bridgehead atoms. The van der Waals surface area contributed by atoms with Crippen molar-refractivity contribution in [2.45, 2.75) is 26.3 Å². The Labute approximate surface area is 121 Å². The molecule has 1 rings (SSSR count). The molecule has 0 amide bonds. The monoisotopic (exact) mass is 329 g/mol. The van der Waals surface area contributed by atoms with Gasteiger partial charge in [-0.05, 0) is 54.4 Å². The Kier molecular flexibility index (Phi) is 6.11. The number of aliphatic hydroxyl groups is 1. The summed E-state index contributed by atoms with van der Waals surface area (Å²) in [4.78, 5) is 2.19. The van der Waals surface area contributed by atoms with Crippen LogP contribution in [0.25, 0.3) is 0 Å². The fourth-order valence-corrected chi connectivity index (χ4v) is 2.44. The Morgan fingerprint density at radius 1 is 1.47 bits per heavy atom. The summed E-state index contributed by atoms with van der Waals surface area (Å²) in [6.45, 7) is 5.15. The van der Waals surface area contributed by atoms with Crippen molar-refractivity contribution in [1.29, 1.82) is 0 Å². The van der Waals surface area contributed by atoms with E-state index in [-0.39, 0.29) is 12.4 Å².